The third-order valence-corrected chi connectivity index (χ3v) is 8.71. The van der Waals surface area contributed by atoms with Gasteiger partial charge in [-0.25, -0.2) is 8.42 Å². The van der Waals surface area contributed by atoms with Crippen LogP contribution in [0.2, 0.25) is 0 Å². The largest absolute Gasteiger partial charge is 0.326 e. The van der Waals surface area contributed by atoms with Crippen molar-refractivity contribution in [2.45, 2.75) is 44.4 Å². The molecule has 2 amide bonds. The Bertz CT molecular complexity index is 1200. The van der Waals surface area contributed by atoms with E-state index < -0.39 is 15.9 Å². The summed E-state index contributed by atoms with van der Waals surface area (Å²) in [4.78, 5) is 27.2. The molecule has 2 aromatic carbocycles. The Balaban J connectivity index is 1.61. The third kappa shape index (κ3) is 4.72. The minimum absolute atomic E-state index is 0.0957. The second kappa shape index (κ2) is 9.56. The predicted molar refractivity (Wildman–Crippen MR) is 132 cm³/mol. The summed E-state index contributed by atoms with van der Waals surface area (Å²) in [6.07, 6.45) is 2.14. The van der Waals surface area contributed by atoms with E-state index in [2.05, 4.69) is 21.2 Å². The molecule has 0 saturated carbocycles. The Morgan fingerprint density at radius 2 is 1.94 bits per heavy atom. The fourth-order valence-corrected chi connectivity index (χ4v) is 7.01. The van der Waals surface area contributed by atoms with Crippen LogP contribution in [0.5, 0.6) is 0 Å². The second-order valence-electron chi connectivity index (χ2n) is 8.57. The molecule has 2 aliphatic heterocycles. The summed E-state index contributed by atoms with van der Waals surface area (Å²) >= 11 is 3.43. The van der Waals surface area contributed by atoms with Gasteiger partial charge >= 0.3 is 0 Å². The second-order valence-corrected chi connectivity index (χ2v) is 11.4. The average molecular weight is 534 g/mol. The normalized spacial score (nSPS) is 18.8. The molecule has 1 N–H and O–H groups in total. The van der Waals surface area contributed by atoms with E-state index in [1.807, 2.05) is 37.3 Å². The summed E-state index contributed by atoms with van der Waals surface area (Å²) in [5, 5.41) is 2.95. The van der Waals surface area contributed by atoms with Crippen molar-refractivity contribution in [3.05, 3.63) is 52.0 Å². The van der Waals surface area contributed by atoms with Gasteiger partial charge < -0.3 is 10.2 Å². The molecule has 0 radical (unpaired) electrons. The number of nitrogens with zero attached hydrogens (tertiary/aromatic N) is 2. The van der Waals surface area contributed by atoms with Crippen molar-refractivity contribution in [2.75, 3.05) is 29.9 Å². The fraction of sp³-hybridized carbons (Fsp3) is 0.417. The van der Waals surface area contributed by atoms with Crippen molar-refractivity contribution in [3.8, 4) is 0 Å². The van der Waals surface area contributed by atoms with Crippen molar-refractivity contribution in [1.29, 1.82) is 0 Å². The number of carbonyl (C=O) groups is 2. The highest BCUT2D eigenvalue weighted by Crippen LogP contribution is 2.40. The number of anilines is 2. The van der Waals surface area contributed by atoms with E-state index in [4.69, 9.17) is 0 Å². The number of nitrogens with one attached hydrogen (secondary N) is 1. The summed E-state index contributed by atoms with van der Waals surface area (Å²) in [5.41, 5.74) is 3.02. The Kier molecular flexibility index (Phi) is 6.93. The van der Waals surface area contributed by atoms with Crippen LogP contribution in [-0.2, 0) is 26.0 Å². The predicted octanol–water partition coefficient (Wildman–Crippen LogP) is 4.10. The molecule has 9 heteroatoms. The lowest BCUT2D eigenvalue weighted by Crippen LogP contribution is -2.44. The number of rotatable bonds is 5. The zero-order valence-electron chi connectivity index (χ0n) is 18.8. The van der Waals surface area contributed by atoms with Crippen molar-refractivity contribution < 1.29 is 18.0 Å². The van der Waals surface area contributed by atoms with Crippen LogP contribution in [0.15, 0.2) is 45.8 Å². The maximum atomic E-state index is 13.8. The van der Waals surface area contributed by atoms with Gasteiger partial charge in [0.15, 0.2) is 0 Å². The van der Waals surface area contributed by atoms with Crippen molar-refractivity contribution in [1.82, 2.24) is 4.31 Å². The van der Waals surface area contributed by atoms with Crippen LogP contribution in [0.1, 0.15) is 37.3 Å². The van der Waals surface area contributed by atoms with E-state index in [0.29, 0.717) is 48.9 Å². The van der Waals surface area contributed by atoms with Crippen molar-refractivity contribution in [2.24, 2.45) is 5.92 Å². The third-order valence-electron chi connectivity index (χ3n) is 6.37. The lowest BCUT2D eigenvalue weighted by atomic mass is 9.98. The number of hydrogen-bond acceptors (Lipinski definition) is 4. The van der Waals surface area contributed by atoms with Gasteiger partial charge in [0.25, 0.3) is 0 Å². The highest BCUT2D eigenvalue weighted by atomic mass is 79.9. The number of amides is 2. The quantitative estimate of drug-likeness (QED) is 0.626. The van der Waals surface area contributed by atoms with Crippen molar-refractivity contribution in [3.63, 3.8) is 0 Å². The first-order chi connectivity index (χ1) is 15.7. The Hall–Kier alpha value is -2.23. The molecule has 7 nitrogen and oxygen atoms in total. The summed E-state index contributed by atoms with van der Waals surface area (Å²) in [6.45, 7) is 4.63. The molecule has 0 spiro atoms. The molecule has 2 aliphatic rings. The number of fused-ring (bicyclic) bond motifs is 1. The molecule has 0 aliphatic carbocycles. The molecule has 2 heterocycles. The first kappa shape index (κ1) is 23.9. The molecule has 1 unspecified atom stereocenters. The van der Waals surface area contributed by atoms with E-state index in [-0.39, 0.29) is 23.3 Å². The van der Waals surface area contributed by atoms with Crippen LogP contribution in [0.4, 0.5) is 11.4 Å². The van der Waals surface area contributed by atoms with E-state index in [9.17, 15) is 18.0 Å². The molecule has 1 saturated heterocycles. The van der Waals surface area contributed by atoms with Gasteiger partial charge in [-0.2, -0.15) is 4.31 Å². The Morgan fingerprint density at radius 1 is 1.18 bits per heavy atom. The minimum atomic E-state index is -3.90. The number of aryl methyl sites for hydroxylation is 1. The van der Waals surface area contributed by atoms with Gasteiger partial charge in [-0.1, -0.05) is 41.1 Å². The zero-order valence-corrected chi connectivity index (χ0v) is 21.2. The molecule has 1 fully saturated rings. The topological polar surface area (TPSA) is 86.8 Å². The van der Waals surface area contributed by atoms with Crippen LogP contribution >= 0.6 is 15.9 Å². The van der Waals surface area contributed by atoms with E-state index >= 15 is 0 Å². The standard InChI is InChI=1S/C24H28BrN3O4S/c1-3-22(29)28-12-10-17-13-19(25)14-21(23(17)28)33(31,32)27-11-6-8-18(15-27)24(30)26-20-9-5-4-7-16(20)2/h4-5,7,9,13-14,18H,3,6,8,10-12,15H2,1-2H3,(H,26,30). The van der Waals surface area contributed by atoms with Gasteiger partial charge in [-0.15, -0.1) is 0 Å². The lowest BCUT2D eigenvalue weighted by molar-refractivity contribution is -0.121. The highest BCUT2D eigenvalue weighted by molar-refractivity contribution is 9.10. The SMILES string of the molecule is CCC(=O)N1CCc2cc(Br)cc(S(=O)(=O)N3CCCC(C(=O)Nc4ccccc4C)C3)c21. The number of carbonyl (C=O) groups excluding carboxylic acids is 2. The zero-order chi connectivity index (χ0) is 23.8. The summed E-state index contributed by atoms with van der Waals surface area (Å²) < 4.78 is 29.6. The monoisotopic (exact) mass is 533 g/mol. The van der Waals surface area contributed by atoms with Crippen LogP contribution in [0.3, 0.4) is 0 Å². The maximum absolute atomic E-state index is 13.8. The van der Waals surface area contributed by atoms with E-state index in [0.717, 1.165) is 16.8 Å². The average Bonchev–Trinajstić information content (AvgIpc) is 3.23. The summed E-state index contributed by atoms with van der Waals surface area (Å²) in [5.74, 6) is -0.713. The number of halogens is 1. The molecule has 33 heavy (non-hydrogen) atoms. The van der Waals surface area contributed by atoms with Crippen LogP contribution in [0, 0.1) is 12.8 Å². The van der Waals surface area contributed by atoms with Crippen LogP contribution in [0.25, 0.3) is 0 Å². The molecular weight excluding hydrogens is 506 g/mol. The molecule has 176 valence electrons. The summed E-state index contributed by atoms with van der Waals surface area (Å²) in [6, 6.07) is 11.0. The Morgan fingerprint density at radius 3 is 2.67 bits per heavy atom. The minimum Gasteiger partial charge on any atom is -0.326 e. The number of hydrogen-bond donors (Lipinski definition) is 1. The number of sulfonamides is 1. The fourth-order valence-electron chi connectivity index (χ4n) is 4.57. The molecule has 0 aromatic heterocycles. The molecule has 4 rings (SSSR count). The van der Waals surface area contributed by atoms with Gasteiger partial charge in [-0.3, -0.25) is 9.59 Å². The highest BCUT2D eigenvalue weighted by Gasteiger charge is 2.38. The lowest BCUT2D eigenvalue weighted by Gasteiger charge is -2.32. The van der Waals surface area contributed by atoms with Crippen molar-refractivity contribution >= 4 is 49.1 Å². The molecule has 1 atom stereocenters. The molecule has 2 aromatic rings. The van der Waals surface area contributed by atoms with Gasteiger partial charge in [0.05, 0.1) is 11.6 Å². The van der Waals surface area contributed by atoms with Gasteiger partial charge in [0.1, 0.15) is 4.90 Å². The first-order valence-electron chi connectivity index (χ1n) is 11.2. The smallest absolute Gasteiger partial charge is 0.245 e. The van der Waals surface area contributed by atoms with Gasteiger partial charge in [0, 0.05) is 36.2 Å². The number of para-hydroxylation sites is 1. The molecular formula is C24H28BrN3O4S. The molecule has 0 bridgehead atoms. The maximum Gasteiger partial charge on any atom is 0.245 e. The Labute approximate surface area is 203 Å². The number of benzene rings is 2. The van der Waals surface area contributed by atoms with Gasteiger partial charge in [0.2, 0.25) is 21.8 Å². The van der Waals surface area contributed by atoms with E-state index in [1.54, 1.807) is 17.9 Å². The summed E-state index contributed by atoms with van der Waals surface area (Å²) in [7, 11) is -3.90. The van der Waals surface area contributed by atoms with E-state index in [1.165, 1.54) is 4.31 Å². The van der Waals surface area contributed by atoms with Gasteiger partial charge in [-0.05, 0) is 55.5 Å². The first-order valence-corrected chi connectivity index (χ1v) is 13.4. The van der Waals surface area contributed by atoms with Crippen LogP contribution in [-0.4, -0.2) is 44.2 Å². The van der Waals surface area contributed by atoms with Crippen LogP contribution < -0.4 is 10.2 Å². The number of piperidine rings is 1.